The van der Waals surface area contributed by atoms with Crippen molar-refractivity contribution in [3.05, 3.63) is 0 Å². The summed E-state index contributed by atoms with van der Waals surface area (Å²) in [5.41, 5.74) is 0. The van der Waals surface area contributed by atoms with Crippen molar-refractivity contribution in [1.82, 2.24) is 5.32 Å². The fourth-order valence-corrected chi connectivity index (χ4v) is 2.66. The molecule has 8 heavy (non-hydrogen) atoms. The number of nitrogens with one attached hydrogen (secondary N) is 1. The van der Waals surface area contributed by atoms with E-state index < -0.39 is 0 Å². The van der Waals surface area contributed by atoms with Gasteiger partial charge in [-0.05, 0) is 0 Å². The van der Waals surface area contributed by atoms with Crippen LogP contribution in [-0.2, 0) is 19.4 Å². The predicted octanol–water partition coefficient (Wildman–Crippen LogP) is 0.390. The zero-order chi connectivity index (χ0) is 5.82. The van der Waals surface area contributed by atoms with Crippen LogP contribution in [0.1, 0.15) is 6.42 Å². The topological polar surface area (TPSA) is 12.0 Å². The Kier molecular flexibility index (Phi) is 3.33. The summed E-state index contributed by atoms with van der Waals surface area (Å²) in [7, 11) is 0. The summed E-state index contributed by atoms with van der Waals surface area (Å²) in [6.07, 6.45) is 1.29. The second-order valence-corrected chi connectivity index (χ2v) is 4.71. The van der Waals surface area contributed by atoms with Crippen LogP contribution < -0.4 is 5.32 Å². The van der Waals surface area contributed by atoms with Crippen molar-refractivity contribution in [2.24, 2.45) is 0 Å². The van der Waals surface area contributed by atoms with Crippen molar-refractivity contribution in [3.63, 3.8) is 0 Å². The maximum absolute atomic E-state index is 3.38. The molecule has 0 aromatic carbocycles. The molecule has 1 heterocycles. The molecule has 0 amide bonds. The van der Waals surface area contributed by atoms with Gasteiger partial charge in [-0.1, -0.05) is 0 Å². The fourth-order valence-electron chi connectivity index (χ4n) is 0.618. The first kappa shape index (κ1) is 6.98. The van der Waals surface area contributed by atoms with E-state index in [-0.39, 0.29) is 0 Å². The van der Waals surface area contributed by atoms with Gasteiger partial charge < -0.3 is 0 Å². The van der Waals surface area contributed by atoms with Crippen molar-refractivity contribution in [2.45, 2.75) is 6.42 Å². The molecule has 0 aromatic rings. The third-order valence-electron chi connectivity index (χ3n) is 1.04. The van der Waals surface area contributed by atoms with Crippen LogP contribution in [0, 0.1) is 0 Å². The van der Waals surface area contributed by atoms with E-state index in [2.05, 4.69) is 5.32 Å². The van der Waals surface area contributed by atoms with Crippen molar-refractivity contribution in [3.8, 4) is 0 Å². The Morgan fingerprint density at radius 1 is 1.50 bits per heavy atom. The van der Waals surface area contributed by atoms with Crippen LogP contribution in [0.25, 0.3) is 0 Å². The molecule has 0 aliphatic carbocycles. The summed E-state index contributed by atoms with van der Waals surface area (Å²) in [6, 6.07) is 0. The molecule has 0 saturated carbocycles. The Morgan fingerprint density at radius 2 is 2.38 bits per heavy atom. The van der Waals surface area contributed by atoms with Crippen molar-refractivity contribution in [2.75, 3.05) is 18.1 Å². The maximum atomic E-state index is 3.38. The van der Waals surface area contributed by atoms with Gasteiger partial charge in [-0.2, -0.15) is 0 Å². The molecule has 0 atom stereocenters. The first-order valence-corrected chi connectivity index (χ1v) is 5.36. The SMILES string of the molecule is [W]=[C]1CCSCCN1. The van der Waals surface area contributed by atoms with E-state index >= 15 is 0 Å². The Morgan fingerprint density at radius 3 is 3.25 bits per heavy atom. The van der Waals surface area contributed by atoms with Gasteiger partial charge in [0.25, 0.3) is 0 Å². The number of thioether (sulfide) groups is 1. The molecule has 1 saturated heterocycles. The number of hydrogen-bond acceptors (Lipinski definition) is 2. The quantitative estimate of drug-likeness (QED) is 0.694. The third-order valence-corrected chi connectivity index (χ3v) is 3.28. The number of hydrogen-bond donors (Lipinski definition) is 1. The van der Waals surface area contributed by atoms with E-state index in [1.165, 1.54) is 28.5 Å². The summed E-state index contributed by atoms with van der Waals surface area (Å²) in [6.45, 7) is 1.18. The van der Waals surface area contributed by atoms with E-state index in [4.69, 9.17) is 0 Å². The second kappa shape index (κ2) is 3.81. The molecule has 1 nitrogen and oxygen atoms in total. The van der Waals surface area contributed by atoms with Gasteiger partial charge in [-0.3, -0.25) is 0 Å². The zero-order valence-corrected chi connectivity index (χ0v) is 8.39. The van der Waals surface area contributed by atoms with E-state index in [1.54, 1.807) is 19.4 Å². The van der Waals surface area contributed by atoms with Crippen LogP contribution in [0.2, 0.25) is 0 Å². The zero-order valence-electron chi connectivity index (χ0n) is 4.64. The summed E-state index contributed by atoms with van der Waals surface area (Å²) in [5, 5.41) is 3.38. The van der Waals surface area contributed by atoms with Crippen LogP contribution in [0.15, 0.2) is 0 Å². The van der Waals surface area contributed by atoms with Gasteiger partial charge in [0.2, 0.25) is 0 Å². The molecule has 0 aromatic heterocycles. The molecule has 0 bridgehead atoms. The van der Waals surface area contributed by atoms with Crippen LogP contribution >= 0.6 is 11.8 Å². The van der Waals surface area contributed by atoms with Gasteiger partial charge in [0.15, 0.2) is 0 Å². The summed E-state index contributed by atoms with van der Waals surface area (Å²) >= 11 is 3.66. The molecule has 46 valence electrons. The predicted molar refractivity (Wildman–Crippen MR) is 35.0 cm³/mol. The van der Waals surface area contributed by atoms with Crippen LogP contribution in [0.4, 0.5) is 0 Å². The van der Waals surface area contributed by atoms with Gasteiger partial charge in [0.1, 0.15) is 0 Å². The third kappa shape index (κ3) is 2.43. The first-order valence-electron chi connectivity index (χ1n) is 2.74. The average Bonchev–Trinajstić information content (AvgIpc) is 1.94. The first-order chi connectivity index (χ1) is 3.89. The Balaban J connectivity index is 2.27. The molecule has 1 aliphatic rings. The molecule has 1 aliphatic heterocycles. The van der Waals surface area contributed by atoms with Crippen molar-refractivity contribution < 1.29 is 19.4 Å². The summed E-state index contributed by atoms with van der Waals surface area (Å²) in [5.74, 6) is 2.61. The molecule has 0 spiro atoms. The molecule has 1 fully saturated rings. The van der Waals surface area contributed by atoms with Crippen LogP contribution in [0.3, 0.4) is 0 Å². The molecule has 0 unspecified atom stereocenters. The summed E-state index contributed by atoms with van der Waals surface area (Å²) in [4.78, 5) is 0. The van der Waals surface area contributed by atoms with Crippen molar-refractivity contribution in [1.29, 1.82) is 0 Å². The van der Waals surface area contributed by atoms with Gasteiger partial charge in [0, 0.05) is 0 Å². The summed E-state index contributed by atoms with van der Waals surface area (Å²) < 4.78 is 1.54. The molecule has 0 radical (unpaired) electrons. The fraction of sp³-hybridized carbons (Fsp3) is 0.800. The van der Waals surface area contributed by atoms with E-state index in [0.29, 0.717) is 0 Å². The molecule has 1 N–H and O–H groups in total. The van der Waals surface area contributed by atoms with Crippen LogP contribution in [0.5, 0.6) is 0 Å². The van der Waals surface area contributed by atoms with Gasteiger partial charge >= 0.3 is 64.9 Å². The standard InChI is InChI=1S/C5H9NS.W/c1-2-6-3-5-7-4-1;/h6H,1,3-5H2;. The minimum absolute atomic E-state index is 1.18. The Hall–Kier alpha value is 0.868. The van der Waals surface area contributed by atoms with Crippen molar-refractivity contribution >= 4 is 15.8 Å². The van der Waals surface area contributed by atoms with Gasteiger partial charge in [-0.15, -0.1) is 0 Å². The van der Waals surface area contributed by atoms with Gasteiger partial charge in [0.05, 0.1) is 0 Å². The Bertz CT molecular complexity index is 84.4. The monoisotopic (exact) mass is 299 g/mol. The average molecular weight is 299 g/mol. The Labute approximate surface area is 65.0 Å². The number of rotatable bonds is 0. The van der Waals surface area contributed by atoms with E-state index in [0.717, 1.165) is 0 Å². The molecular formula is C5H9NSW. The van der Waals surface area contributed by atoms with Crippen LogP contribution in [-0.4, -0.2) is 22.1 Å². The van der Waals surface area contributed by atoms with E-state index in [9.17, 15) is 0 Å². The normalized spacial score (nSPS) is 22.8. The molecule has 3 heteroatoms. The minimum atomic E-state index is 1.18. The molecular weight excluding hydrogens is 290 g/mol. The second-order valence-electron chi connectivity index (χ2n) is 1.71. The van der Waals surface area contributed by atoms with E-state index in [1.807, 2.05) is 11.8 Å². The molecule has 1 rings (SSSR count). The van der Waals surface area contributed by atoms with Gasteiger partial charge in [-0.25, -0.2) is 0 Å².